The summed E-state index contributed by atoms with van der Waals surface area (Å²) < 4.78 is 1.92. The van der Waals surface area contributed by atoms with Gasteiger partial charge < -0.3 is 9.80 Å². The summed E-state index contributed by atoms with van der Waals surface area (Å²) in [5, 5.41) is 0. The first-order valence-corrected chi connectivity index (χ1v) is 25.9. The summed E-state index contributed by atoms with van der Waals surface area (Å²) in [6, 6.07) is 27.0. The second-order valence-corrected chi connectivity index (χ2v) is 23.5. The van der Waals surface area contributed by atoms with Crippen molar-refractivity contribution in [3.63, 3.8) is 0 Å². The Labute approximate surface area is 307 Å². The summed E-state index contributed by atoms with van der Waals surface area (Å²) in [4.78, 5) is 4.67. The first kappa shape index (κ1) is 38.0. The van der Waals surface area contributed by atoms with Crippen LogP contribution in [-0.2, 0) is 13.5 Å². The van der Waals surface area contributed by atoms with Gasteiger partial charge in [0.15, 0.2) is 0 Å². The third-order valence-electron chi connectivity index (χ3n) is 10.9. The van der Waals surface area contributed by atoms with Crippen LogP contribution in [0.3, 0.4) is 0 Å². The minimum atomic E-state index is -1.61. The molecule has 0 amide bonds. The molecule has 0 radical (unpaired) electrons. The van der Waals surface area contributed by atoms with Crippen molar-refractivity contribution >= 4 is 43.3 Å². The molecule has 1 heterocycles. The van der Waals surface area contributed by atoms with E-state index in [0.717, 1.165) is 18.7 Å². The number of hydrogen-bond donors (Lipinski definition) is 0. The molecule has 0 bridgehead atoms. The predicted octanol–water partition coefficient (Wildman–Crippen LogP) is 12.7. The number of hydrogen-bond acceptors (Lipinski definition) is 2. The Balaban J connectivity index is 0.000000148. The Bertz CT molecular complexity index is 1280. The van der Waals surface area contributed by atoms with Crippen LogP contribution in [0.2, 0.25) is 0 Å². The fourth-order valence-electron chi connectivity index (χ4n) is 8.55. The molecule has 3 aromatic carbocycles. The maximum absolute atomic E-state index is 5.67. The SMILES string of the molecule is C1CCC([PH+](C2CCCCC2)C2CCCCC2)CC1.Cc1ccccc1N1[CH-]N(c2ccccc2C)CC1.[Cl][Ru]([Cl])=[CH]c1ccccc1. The van der Waals surface area contributed by atoms with E-state index in [2.05, 4.69) is 78.8 Å². The van der Waals surface area contributed by atoms with E-state index in [-0.39, 0.29) is 7.92 Å². The Morgan fingerprint density at radius 1 is 0.562 bits per heavy atom. The van der Waals surface area contributed by atoms with Crippen LogP contribution in [0, 0.1) is 20.5 Å². The van der Waals surface area contributed by atoms with E-state index < -0.39 is 13.5 Å². The molecule has 0 unspecified atom stereocenters. The second kappa shape index (κ2) is 20.6. The van der Waals surface area contributed by atoms with Crippen molar-refractivity contribution in [2.45, 2.75) is 127 Å². The number of halogens is 2. The van der Waals surface area contributed by atoms with Gasteiger partial charge in [0.2, 0.25) is 0 Å². The van der Waals surface area contributed by atoms with Crippen molar-refractivity contribution in [2.24, 2.45) is 0 Å². The van der Waals surface area contributed by atoms with Crippen molar-refractivity contribution in [1.29, 1.82) is 0 Å². The minimum absolute atomic E-state index is 0.0465. The number of rotatable bonds is 6. The van der Waals surface area contributed by atoms with E-state index in [4.69, 9.17) is 19.4 Å². The fourth-order valence-corrected chi connectivity index (χ4v) is 15.6. The summed E-state index contributed by atoms with van der Waals surface area (Å²) in [6.45, 7) is 8.64. The molecule has 4 aliphatic rings. The molecule has 1 aliphatic heterocycles. The predicted molar refractivity (Wildman–Crippen MR) is 214 cm³/mol. The summed E-state index contributed by atoms with van der Waals surface area (Å²) in [5.41, 5.74) is 10.1. The monoisotopic (exact) mass is 794 g/mol. The molecular formula is C42H59Cl2N2PRu. The van der Waals surface area contributed by atoms with Crippen molar-refractivity contribution in [1.82, 2.24) is 0 Å². The van der Waals surface area contributed by atoms with Crippen molar-refractivity contribution < 1.29 is 13.5 Å². The first-order valence-electron chi connectivity index (χ1n) is 18.7. The van der Waals surface area contributed by atoms with Gasteiger partial charge >= 0.3 is 73.4 Å². The zero-order chi connectivity index (χ0) is 33.6. The van der Waals surface area contributed by atoms with Crippen LogP contribution in [0.1, 0.15) is 113 Å². The number of anilines is 2. The number of benzene rings is 3. The topological polar surface area (TPSA) is 6.48 Å². The van der Waals surface area contributed by atoms with Crippen molar-refractivity contribution in [3.8, 4) is 0 Å². The van der Waals surface area contributed by atoms with E-state index in [9.17, 15) is 0 Å². The van der Waals surface area contributed by atoms with Crippen molar-refractivity contribution in [3.05, 3.63) is 102 Å². The van der Waals surface area contributed by atoms with Gasteiger partial charge in [-0.2, -0.15) is 6.67 Å². The molecule has 0 atom stereocenters. The summed E-state index contributed by atoms with van der Waals surface area (Å²) in [5.74, 6) is 0. The normalized spacial score (nSPS) is 19.6. The molecule has 1 saturated heterocycles. The molecule has 3 saturated carbocycles. The Morgan fingerprint density at radius 2 is 0.938 bits per heavy atom. The van der Waals surface area contributed by atoms with Gasteiger partial charge in [-0.3, -0.25) is 0 Å². The average molecular weight is 795 g/mol. The molecule has 4 fully saturated rings. The number of nitrogens with zero attached hydrogens (tertiary/aromatic N) is 2. The van der Waals surface area contributed by atoms with E-state index in [1.54, 1.807) is 96.3 Å². The van der Waals surface area contributed by atoms with Crippen LogP contribution in [0.25, 0.3) is 0 Å². The van der Waals surface area contributed by atoms with Crippen LogP contribution >= 0.6 is 27.3 Å². The molecule has 0 N–H and O–H groups in total. The third-order valence-corrected chi connectivity index (χ3v) is 17.4. The summed E-state index contributed by atoms with van der Waals surface area (Å²) in [6.07, 6.45) is 23.8. The number of para-hydroxylation sites is 2. The van der Waals surface area contributed by atoms with E-state index in [0.29, 0.717) is 0 Å². The van der Waals surface area contributed by atoms with Crippen LogP contribution in [-0.4, -0.2) is 34.7 Å². The first-order chi connectivity index (χ1) is 23.5. The standard InChI is InChI=1S/C18H33P.C17H19N2.C7H6.2ClH.Ru/c1-4-10-16(11-5-1)19(17-12-6-2-7-13-17)18-14-8-3-9-15-18;1-14-7-3-5-9-16(14)18-11-12-19(13-18)17-10-6-4-8-15(17)2;1-7-5-3-2-4-6-7;;;/h16-18H,1-15H2;3-10,13H,11-12H2,1-2H3;1-6H;2*1H;/q;-1;;;;+2/p-1. The molecule has 3 aromatic rings. The summed E-state index contributed by atoms with van der Waals surface area (Å²) in [7, 11) is 11.3. The molecule has 0 spiro atoms. The third kappa shape index (κ3) is 11.7. The van der Waals surface area contributed by atoms with Gasteiger partial charge in [-0.15, -0.1) is 0 Å². The van der Waals surface area contributed by atoms with Gasteiger partial charge in [-0.25, -0.2) is 0 Å². The van der Waals surface area contributed by atoms with Gasteiger partial charge in [0.25, 0.3) is 0 Å². The van der Waals surface area contributed by atoms with E-state index in [1.165, 1.54) is 39.5 Å². The maximum atomic E-state index is 5.67. The van der Waals surface area contributed by atoms with Gasteiger partial charge in [0.1, 0.15) is 0 Å². The quantitative estimate of drug-likeness (QED) is 0.139. The Kier molecular flexibility index (Phi) is 16.3. The van der Waals surface area contributed by atoms with E-state index >= 15 is 0 Å². The molecule has 264 valence electrons. The van der Waals surface area contributed by atoms with E-state index in [1.807, 2.05) is 34.9 Å². The van der Waals surface area contributed by atoms with Crippen LogP contribution in [0.5, 0.6) is 0 Å². The zero-order valence-electron chi connectivity index (χ0n) is 29.4. The van der Waals surface area contributed by atoms with Gasteiger partial charge in [0, 0.05) is 32.4 Å². The van der Waals surface area contributed by atoms with Crippen LogP contribution in [0.4, 0.5) is 11.4 Å². The Hall–Kier alpha value is -1.24. The molecule has 2 nitrogen and oxygen atoms in total. The molecule has 7 rings (SSSR count). The average Bonchev–Trinajstić information content (AvgIpc) is 3.61. The van der Waals surface area contributed by atoms with Gasteiger partial charge in [-0.05, 0) is 114 Å². The van der Waals surface area contributed by atoms with Crippen molar-refractivity contribution in [2.75, 3.05) is 22.9 Å². The molecule has 6 heteroatoms. The molecule has 48 heavy (non-hydrogen) atoms. The van der Waals surface area contributed by atoms with Gasteiger partial charge in [0.05, 0.1) is 17.0 Å². The zero-order valence-corrected chi connectivity index (χ0v) is 33.7. The summed E-state index contributed by atoms with van der Waals surface area (Å²) >= 11 is -1.61. The van der Waals surface area contributed by atoms with Gasteiger partial charge in [-0.1, -0.05) is 55.7 Å². The Morgan fingerprint density at radius 3 is 1.31 bits per heavy atom. The second-order valence-electron chi connectivity index (χ2n) is 14.3. The molecular weight excluding hydrogens is 735 g/mol. The molecule has 0 aromatic heterocycles. The number of aryl methyl sites for hydroxylation is 2. The fraction of sp³-hybridized carbons (Fsp3) is 0.524. The molecule has 3 aliphatic carbocycles. The van der Waals surface area contributed by atoms with Crippen LogP contribution < -0.4 is 9.80 Å². The van der Waals surface area contributed by atoms with Crippen LogP contribution in [0.15, 0.2) is 78.9 Å².